The van der Waals surface area contributed by atoms with Gasteiger partial charge in [-0.25, -0.2) is 0 Å². The maximum atomic E-state index is 11.0. The molecule has 62 valence electrons. The molecule has 0 spiro atoms. The summed E-state index contributed by atoms with van der Waals surface area (Å²) in [5, 5.41) is 0. The summed E-state index contributed by atoms with van der Waals surface area (Å²) in [6.45, 7) is 3.81. The van der Waals surface area contributed by atoms with Crippen LogP contribution in [0.15, 0.2) is 0 Å². The van der Waals surface area contributed by atoms with Gasteiger partial charge in [-0.3, -0.25) is 4.90 Å². The van der Waals surface area contributed by atoms with E-state index in [1.54, 1.807) is 0 Å². The Kier molecular flexibility index (Phi) is 2.21. The minimum absolute atomic E-state index is 0.638. The van der Waals surface area contributed by atoms with E-state index in [2.05, 4.69) is 4.90 Å². The maximum Gasteiger partial charge on any atom is 0.341 e. The van der Waals surface area contributed by atoms with E-state index in [9.17, 15) is 4.57 Å². The number of hydrogen-bond acceptors (Lipinski definition) is 3. The summed E-state index contributed by atoms with van der Waals surface area (Å²) >= 11 is 0. The van der Waals surface area contributed by atoms with Gasteiger partial charge in [-0.15, -0.1) is 0 Å². The van der Waals surface area contributed by atoms with Gasteiger partial charge in [-0.05, 0) is 0 Å². The first-order valence-corrected chi connectivity index (χ1v) is 5.73. The van der Waals surface area contributed by atoms with E-state index in [1.165, 1.54) is 0 Å². The van der Waals surface area contributed by atoms with Gasteiger partial charge in [0.15, 0.2) is 12.3 Å². The first-order valence-electron chi connectivity index (χ1n) is 4.10. The van der Waals surface area contributed by atoms with E-state index in [4.69, 9.17) is 4.74 Å². The van der Waals surface area contributed by atoms with Crippen molar-refractivity contribution in [3.63, 3.8) is 0 Å². The van der Waals surface area contributed by atoms with Crippen LogP contribution in [0.4, 0.5) is 0 Å². The fourth-order valence-electron chi connectivity index (χ4n) is 1.50. The zero-order valence-electron chi connectivity index (χ0n) is 6.53. The molecule has 11 heavy (non-hydrogen) atoms. The molecule has 0 aliphatic carbocycles. The van der Waals surface area contributed by atoms with Gasteiger partial charge in [-0.2, -0.15) is 0 Å². The molecule has 0 aromatic rings. The van der Waals surface area contributed by atoms with Crippen LogP contribution in [-0.2, 0) is 9.30 Å². The fourth-order valence-corrected chi connectivity index (χ4v) is 2.69. The van der Waals surface area contributed by atoms with Crippen LogP contribution < -0.4 is 0 Å². The summed E-state index contributed by atoms with van der Waals surface area (Å²) in [4.78, 5) is 2.40. The minimum atomic E-state index is -0.856. The van der Waals surface area contributed by atoms with Crippen molar-refractivity contribution in [1.29, 1.82) is 0 Å². The van der Waals surface area contributed by atoms with Gasteiger partial charge in [-0.1, -0.05) is 4.57 Å². The highest BCUT2D eigenvalue weighted by molar-refractivity contribution is 7.44. The van der Waals surface area contributed by atoms with Gasteiger partial charge in [0.05, 0.1) is 19.3 Å². The average Bonchev–Trinajstić information content (AvgIpc) is 1.90. The van der Waals surface area contributed by atoms with Gasteiger partial charge in [0, 0.05) is 13.1 Å². The lowest BCUT2D eigenvalue weighted by atomic mass is 10.2. The first kappa shape index (κ1) is 7.66. The van der Waals surface area contributed by atoms with Crippen molar-refractivity contribution in [3.8, 4) is 0 Å². The molecule has 0 bridgehead atoms. The second-order valence-electron chi connectivity index (χ2n) is 3.16. The van der Waals surface area contributed by atoms with Crippen LogP contribution in [0.3, 0.4) is 0 Å². The first-order chi connectivity index (χ1) is 5.36. The van der Waals surface area contributed by atoms with E-state index in [-0.39, 0.29) is 0 Å². The minimum Gasteiger partial charge on any atom is -0.378 e. The van der Waals surface area contributed by atoms with Crippen LogP contribution in [0.1, 0.15) is 0 Å². The van der Waals surface area contributed by atoms with Crippen molar-refractivity contribution < 1.29 is 9.30 Å². The molecule has 2 rings (SSSR count). The Hall–Kier alpha value is 0.0200. The molecule has 0 atom stereocenters. The largest absolute Gasteiger partial charge is 0.378 e. The molecule has 2 fully saturated rings. The Morgan fingerprint density at radius 2 is 1.91 bits per heavy atom. The molecular weight excluding hydrogens is 161 g/mol. The topological polar surface area (TPSA) is 29.5 Å². The summed E-state index contributed by atoms with van der Waals surface area (Å²) in [7, 11) is -0.856. The highest BCUT2D eigenvalue weighted by atomic mass is 31.1. The Labute approximate surface area is 67.5 Å². The van der Waals surface area contributed by atoms with Crippen molar-refractivity contribution in [2.24, 2.45) is 0 Å². The zero-order chi connectivity index (χ0) is 7.68. The van der Waals surface area contributed by atoms with Crippen LogP contribution in [0.2, 0.25) is 0 Å². The number of ether oxygens (including phenoxy) is 1. The van der Waals surface area contributed by atoms with Gasteiger partial charge in [0.25, 0.3) is 0 Å². The third kappa shape index (κ3) is 1.61. The van der Waals surface area contributed by atoms with Gasteiger partial charge in [0.1, 0.15) is 0 Å². The molecule has 2 aliphatic rings. The summed E-state index contributed by atoms with van der Waals surface area (Å²) < 4.78 is 16.1. The SMILES string of the molecule is O=[P+]1CCN(C2COC2)CC1. The van der Waals surface area contributed by atoms with Crippen LogP contribution in [0, 0.1) is 0 Å². The van der Waals surface area contributed by atoms with Gasteiger partial charge in [0.2, 0.25) is 0 Å². The number of nitrogens with zero attached hydrogens (tertiary/aromatic N) is 1. The van der Waals surface area contributed by atoms with E-state index in [1.807, 2.05) is 0 Å². The smallest absolute Gasteiger partial charge is 0.341 e. The van der Waals surface area contributed by atoms with Crippen LogP contribution in [-0.4, -0.2) is 49.6 Å². The Bertz CT molecular complexity index is 160. The zero-order valence-corrected chi connectivity index (χ0v) is 7.43. The Balaban J connectivity index is 1.82. The van der Waals surface area contributed by atoms with Crippen molar-refractivity contribution in [2.75, 3.05) is 38.6 Å². The second-order valence-corrected chi connectivity index (χ2v) is 5.01. The molecule has 2 saturated heterocycles. The average molecular weight is 174 g/mol. The van der Waals surface area contributed by atoms with Gasteiger partial charge >= 0.3 is 7.80 Å². The summed E-state index contributed by atoms with van der Waals surface area (Å²) in [5.74, 6) is 0. The Morgan fingerprint density at radius 3 is 2.36 bits per heavy atom. The number of hydrogen-bond donors (Lipinski definition) is 0. The maximum absolute atomic E-state index is 11.0. The van der Waals surface area contributed by atoms with Gasteiger partial charge < -0.3 is 4.74 Å². The molecular formula is C7H13NO2P+. The van der Waals surface area contributed by atoms with Crippen molar-refractivity contribution in [1.82, 2.24) is 4.90 Å². The predicted octanol–water partition coefficient (Wildman–Crippen LogP) is 0.528. The van der Waals surface area contributed by atoms with E-state index in [0.717, 1.165) is 38.6 Å². The summed E-state index contributed by atoms with van der Waals surface area (Å²) in [5.41, 5.74) is 0. The molecule has 0 unspecified atom stereocenters. The fraction of sp³-hybridized carbons (Fsp3) is 1.00. The highest BCUT2D eigenvalue weighted by Crippen LogP contribution is 2.26. The van der Waals surface area contributed by atoms with Crippen molar-refractivity contribution in [3.05, 3.63) is 0 Å². The molecule has 2 heterocycles. The molecule has 0 aromatic heterocycles. The normalized spacial score (nSPS) is 28.5. The Morgan fingerprint density at radius 1 is 1.27 bits per heavy atom. The molecule has 0 amide bonds. The van der Waals surface area contributed by atoms with E-state index < -0.39 is 7.80 Å². The molecule has 0 radical (unpaired) electrons. The van der Waals surface area contributed by atoms with Crippen LogP contribution in [0.25, 0.3) is 0 Å². The van der Waals surface area contributed by atoms with Crippen molar-refractivity contribution in [2.45, 2.75) is 6.04 Å². The summed E-state index contributed by atoms with van der Waals surface area (Å²) in [6.07, 6.45) is 1.79. The van der Waals surface area contributed by atoms with Crippen molar-refractivity contribution >= 4 is 7.80 Å². The molecule has 3 nitrogen and oxygen atoms in total. The second kappa shape index (κ2) is 3.18. The molecule has 0 saturated carbocycles. The lowest BCUT2D eigenvalue weighted by Crippen LogP contribution is -2.51. The van der Waals surface area contributed by atoms with E-state index in [0.29, 0.717) is 6.04 Å². The molecule has 4 heteroatoms. The lowest BCUT2D eigenvalue weighted by Gasteiger charge is -2.36. The monoisotopic (exact) mass is 174 g/mol. The highest BCUT2D eigenvalue weighted by Gasteiger charge is 2.32. The molecule has 0 N–H and O–H groups in total. The standard InChI is InChI=1S/C7H13NO2P/c9-11-3-1-8(2-4-11)7-5-10-6-7/h7H,1-6H2/q+1. The van der Waals surface area contributed by atoms with Crippen LogP contribution in [0.5, 0.6) is 0 Å². The predicted molar refractivity (Wildman–Crippen MR) is 43.5 cm³/mol. The third-order valence-electron chi connectivity index (χ3n) is 2.41. The summed E-state index contributed by atoms with van der Waals surface area (Å²) in [6, 6.07) is 0.638. The third-order valence-corrected chi connectivity index (χ3v) is 3.81. The van der Waals surface area contributed by atoms with Crippen LogP contribution >= 0.6 is 7.80 Å². The molecule has 0 aromatic carbocycles. The van der Waals surface area contributed by atoms with E-state index >= 15 is 0 Å². The molecule has 2 aliphatic heterocycles. The lowest BCUT2D eigenvalue weighted by molar-refractivity contribution is -0.0619. The number of rotatable bonds is 1. The quantitative estimate of drug-likeness (QED) is 0.543.